The molecule has 0 saturated heterocycles. The quantitative estimate of drug-likeness (QED) is 0.359. The molecule has 0 radical (unpaired) electrons. The van der Waals surface area contributed by atoms with E-state index in [-0.39, 0.29) is 0 Å². The molecule has 0 bridgehead atoms. The van der Waals surface area contributed by atoms with Crippen molar-refractivity contribution in [1.29, 1.82) is 0 Å². The lowest BCUT2D eigenvalue weighted by molar-refractivity contribution is 0.383. The molecule has 2 nitrogen and oxygen atoms in total. The van der Waals surface area contributed by atoms with Crippen molar-refractivity contribution in [2.24, 2.45) is 15.9 Å². The summed E-state index contributed by atoms with van der Waals surface area (Å²) in [5, 5.41) is 0. The van der Waals surface area contributed by atoms with Crippen LogP contribution in [0.3, 0.4) is 0 Å². The molecular formula is C24H29N2+. The first-order chi connectivity index (χ1) is 12.9. The Labute approximate surface area is 158 Å². The van der Waals surface area contributed by atoms with Crippen LogP contribution in [0.15, 0.2) is 70.6 Å². The Balaban J connectivity index is 1.84. The van der Waals surface area contributed by atoms with E-state index >= 15 is 0 Å². The van der Waals surface area contributed by atoms with Gasteiger partial charge in [-0.25, -0.2) is 0 Å². The first kappa shape index (κ1) is 18.4. The van der Waals surface area contributed by atoms with Crippen molar-refractivity contribution in [2.75, 3.05) is 0 Å². The van der Waals surface area contributed by atoms with Crippen LogP contribution < -0.4 is 0 Å². The van der Waals surface area contributed by atoms with E-state index in [0.717, 1.165) is 19.0 Å². The molecule has 2 aromatic rings. The minimum absolute atomic E-state index is 0.365. The van der Waals surface area contributed by atoms with Crippen LogP contribution in [0, 0.1) is 12.1 Å². The molecule has 26 heavy (non-hydrogen) atoms. The molecule has 2 aromatic carbocycles. The van der Waals surface area contributed by atoms with E-state index in [1.54, 1.807) is 0 Å². The average molecular weight is 346 g/mol. The molecule has 1 aliphatic rings. The lowest BCUT2D eigenvalue weighted by Gasteiger charge is -2.26. The second-order valence-electron chi connectivity index (χ2n) is 7.08. The van der Waals surface area contributed by atoms with Gasteiger partial charge < -0.3 is 0 Å². The highest BCUT2D eigenvalue weighted by molar-refractivity contribution is 6.18. The second-order valence-corrected chi connectivity index (χ2v) is 7.08. The normalized spacial score (nSPS) is 15.3. The molecule has 134 valence electrons. The summed E-state index contributed by atoms with van der Waals surface area (Å²) in [7, 11) is 0. The van der Waals surface area contributed by atoms with Crippen LogP contribution in [0.5, 0.6) is 0 Å². The first-order valence-corrected chi connectivity index (χ1v) is 9.91. The average Bonchev–Trinajstić information content (AvgIpc) is 3.23. The minimum Gasteiger partial charge on any atom is -0.0965 e. The van der Waals surface area contributed by atoms with Crippen molar-refractivity contribution in [2.45, 2.75) is 51.4 Å². The smallest absolute Gasteiger partial charge is 0.0965 e. The van der Waals surface area contributed by atoms with Gasteiger partial charge >= 0.3 is 0 Å². The molecule has 0 N–H and O–H groups in total. The number of rotatable bonds is 10. The third-order valence-electron chi connectivity index (χ3n) is 5.19. The topological polar surface area (TPSA) is 24.7 Å². The van der Waals surface area contributed by atoms with Gasteiger partial charge in [-0.15, -0.1) is 0 Å². The monoisotopic (exact) mass is 345 g/mol. The fourth-order valence-electron chi connectivity index (χ4n) is 3.81. The van der Waals surface area contributed by atoms with Crippen LogP contribution in [0.2, 0.25) is 0 Å². The zero-order valence-electron chi connectivity index (χ0n) is 15.7. The molecule has 1 aliphatic heterocycles. The van der Waals surface area contributed by atoms with Gasteiger partial charge in [0.2, 0.25) is 6.17 Å². The van der Waals surface area contributed by atoms with E-state index in [1.807, 2.05) is 12.4 Å². The molecule has 2 heteroatoms. The van der Waals surface area contributed by atoms with Crippen LogP contribution in [-0.4, -0.2) is 12.4 Å². The number of hydrogen-bond acceptors (Lipinski definition) is 2. The Kier molecular flexibility index (Phi) is 7.06. The third kappa shape index (κ3) is 5.08. The summed E-state index contributed by atoms with van der Waals surface area (Å²) in [4.78, 5) is 9.18. The zero-order valence-corrected chi connectivity index (χ0v) is 15.7. The summed E-state index contributed by atoms with van der Waals surface area (Å²) >= 11 is 0. The van der Waals surface area contributed by atoms with Crippen molar-refractivity contribution >= 4 is 12.4 Å². The maximum absolute atomic E-state index is 4.59. The Morgan fingerprint density at radius 3 is 2.12 bits per heavy atom. The van der Waals surface area contributed by atoms with Gasteiger partial charge in [0.15, 0.2) is 12.4 Å². The Morgan fingerprint density at radius 1 is 0.808 bits per heavy atom. The highest BCUT2D eigenvalue weighted by Gasteiger charge is 2.36. The van der Waals surface area contributed by atoms with E-state index in [1.165, 1.54) is 36.8 Å². The van der Waals surface area contributed by atoms with E-state index in [0.29, 0.717) is 11.8 Å². The summed E-state index contributed by atoms with van der Waals surface area (Å²) in [6, 6.07) is 21.7. The van der Waals surface area contributed by atoms with E-state index in [2.05, 4.69) is 77.6 Å². The second kappa shape index (κ2) is 9.96. The molecular weight excluding hydrogens is 316 g/mol. The maximum Gasteiger partial charge on any atom is 0.244 e. The molecule has 0 spiro atoms. The lowest BCUT2D eigenvalue weighted by atomic mass is 9.77. The Morgan fingerprint density at radius 2 is 1.46 bits per heavy atom. The first-order valence-electron chi connectivity index (χ1n) is 9.91. The van der Waals surface area contributed by atoms with Crippen molar-refractivity contribution in [3.8, 4) is 0 Å². The number of nitrogens with zero attached hydrogens (tertiary/aromatic N) is 2. The van der Waals surface area contributed by atoms with Gasteiger partial charge in [0.25, 0.3) is 0 Å². The van der Waals surface area contributed by atoms with E-state index in [4.69, 9.17) is 0 Å². The van der Waals surface area contributed by atoms with Crippen molar-refractivity contribution in [3.05, 3.63) is 78.0 Å². The highest BCUT2D eigenvalue weighted by atomic mass is 15.0. The fraction of sp³-hybridized carbons (Fsp3) is 0.375. The maximum atomic E-state index is 4.59. The summed E-state index contributed by atoms with van der Waals surface area (Å²) in [6.07, 6.45) is 12.0. The summed E-state index contributed by atoms with van der Waals surface area (Å²) in [5.41, 5.74) is 2.77. The van der Waals surface area contributed by atoms with Gasteiger partial charge in [0, 0.05) is 5.92 Å². The van der Waals surface area contributed by atoms with Crippen molar-refractivity contribution in [3.63, 3.8) is 0 Å². The van der Waals surface area contributed by atoms with Crippen molar-refractivity contribution in [1.82, 2.24) is 0 Å². The Hall–Kier alpha value is -2.35. The standard InChI is InChI=1S/C24H29N2/c1-2-3-4-11-16-22(24-25-17-18-26-24)23(21-14-9-6-10-15-21)19-20-12-7-5-8-13-20/h5-10,12-15,17-18,22-23H,2-4,11,16,19H2,1H3/q+1. The fourth-order valence-corrected chi connectivity index (χ4v) is 3.81. The summed E-state index contributed by atoms with van der Waals surface area (Å²) in [6.45, 7) is 2.26. The predicted octanol–water partition coefficient (Wildman–Crippen LogP) is 6.24. The Bertz CT molecular complexity index is 679. The molecule has 0 saturated carbocycles. The zero-order chi connectivity index (χ0) is 18.0. The molecule has 2 atom stereocenters. The predicted molar refractivity (Wildman–Crippen MR) is 112 cm³/mol. The van der Waals surface area contributed by atoms with Gasteiger partial charge in [-0.3, -0.25) is 0 Å². The molecule has 0 aliphatic carbocycles. The van der Waals surface area contributed by atoms with Crippen LogP contribution in [0.4, 0.5) is 0 Å². The van der Waals surface area contributed by atoms with Crippen LogP contribution in [-0.2, 0) is 6.42 Å². The summed E-state index contributed by atoms with van der Waals surface area (Å²) < 4.78 is 0. The molecule has 0 aromatic heterocycles. The number of hydrogen-bond donors (Lipinski definition) is 0. The molecule has 0 fully saturated rings. The van der Waals surface area contributed by atoms with Crippen LogP contribution in [0.1, 0.15) is 56.1 Å². The van der Waals surface area contributed by atoms with Crippen LogP contribution in [0.25, 0.3) is 0 Å². The van der Waals surface area contributed by atoms with Crippen LogP contribution >= 0.6 is 0 Å². The molecule has 3 rings (SSSR count). The van der Waals surface area contributed by atoms with E-state index in [9.17, 15) is 0 Å². The van der Waals surface area contributed by atoms with Gasteiger partial charge in [-0.2, -0.15) is 0 Å². The largest absolute Gasteiger partial charge is 0.244 e. The SMILES string of the molecule is CCCCCCC([C+]1N=CC=N1)C(Cc1ccccc1)c1ccccc1. The number of unbranched alkanes of at least 4 members (excludes halogenated alkanes) is 3. The number of aliphatic imine (C=N–C) groups is 2. The highest BCUT2D eigenvalue weighted by Crippen LogP contribution is 2.39. The molecule has 2 unspecified atom stereocenters. The van der Waals surface area contributed by atoms with Crippen molar-refractivity contribution < 1.29 is 0 Å². The summed E-state index contributed by atoms with van der Waals surface area (Å²) in [5.74, 6) is 0.770. The lowest BCUT2D eigenvalue weighted by Crippen LogP contribution is -2.20. The third-order valence-corrected chi connectivity index (χ3v) is 5.19. The number of benzene rings is 2. The van der Waals surface area contributed by atoms with Gasteiger partial charge in [0.05, 0.1) is 5.92 Å². The minimum atomic E-state index is 0.365. The van der Waals surface area contributed by atoms with E-state index < -0.39 is 0 Å². The van der Waals surface area contributed by atoms with Gasteiger partial charge in [0.1, 0.15) is 0 Å². The van der Waals surface area contributed by atoms with Gasteiger partial charge in [-0.1, -0.05) is 103 Å². The van der Waals surface area contributed by atoms with Gasteiger partial charge in [-0.05, 0) is 24.0 Å². The molecule has 1 heterocycles. The molecule has 0 amide bonds.